The van der Waals surface area contributed by atoms with Gasteiger partial charge in [0.2, 0.25) is 10.0 Å². The first-order valence-electron chi connectivity index (χ1n) is 7.09. The van der Waals surface area contributed by atoms with Gasteiger partial charge in [0.1, 0.15) is 10.6 Å². The van der Waals surface area contributed by atoms with Gasteiger partial charge in [-0.2, -0.15) is 4.31 Å². The number of likely N-dealkylation sites (N-methyl/N-ethyl adjacent to an activating group) is 1. The summed E-state index contributed by atoms with van der Waals surface area (Å²) in [6.45, 7) is 2.14. The molecule has 3 rings (SSSR count). The molecule has 0 aliphatic carbocycles. The Morgan fingerprint density at radius 1 is 1.36 bits per heavy atom. The number of fused-ring (bicyclic) bond motifs is 1. The zero-order valence-corrected chi connectivity index (χ0v) is 13.4. The van der Waals surface area contributed by atoms with E-state index in [2.05, 4.69) is 4.90 Å². The number of hydrogen-bond donors (Lipinski definition) is 1. The third kappa shape index (κ3) is 2.43. The predicted octanol–water partition coefficient (Wildman–Crippen LogP) is -1.17. The quantitative estimate of drug-likeness (QED) is 0.754. The van der Waals surface area contributed by atoms with Crippen LogP contribution in [0.15, 0.2) is 17.2 Å². The largest absolute Gasteiger partial charge is 0.374 e. The van der Waals surface area contributed by atoms with Crippen LogP contribution in [0.2, 0.25) is 0 Å². The van der Waals surface area contributed by atoms with Gasteiger partial charge in [-0.15, -0.1) is 0 Å². The number of carbonyl (C=O) groups is 1. The molecule has 3 heterocycles. The molecule has 1 amide bonds. The van der Waals surface area contributed by atoms with Crippen molar-refractivity contribution in [2.75, 3.05) is 33.3 Å². The van der Waals surface area contributed by atoms with Gasteiger partial charge in [0.05, 0.1) is 18.8 Å². The highest BCUT2D eigenvalue weighted by Crippen LogP contribution is 2.27. The van der Waals surface area contributed by atoms with Crippen LogP contribution in [0.4, 0.5) is 0 Å². The van der Waals surface area contributed by atoms with E-state index in [1.165, 1.54) is 21.1 Å². The zero-order valence-electron chi connectivity index (χ0n) is 12.6. The maximum Gasteiger partial charge on any atom is 0.265 e. The SMILES string of the molecule is CN1CCO[C@@H]2CN(S(=O)(=O)c3cc(C(N)=O)n(C)c3)C[C@@H]21. The average Bonchev–Trinajstić information content (AvgIpc) is 3.03. The van der Waals surface area contributed by atoms with Gasteiger partial charge in [-0.1, -0.05) is 0 Å². The first-order valence-corrected chi connectivity index (χ1v) is 8.53. The van der Waals surface area contributed by atoms with Gasteiger partial charge >= 0.3 is 0 Å². The van der Waals surface area contributed by atoms with Crippen LogP contribution in [-0.2, 0) is 21.8 Å². The summed E-state index contributed by atoms with van der Waals surface area (Å²) in [5, 5.41) is 0. The maximum atomic E-state index is 12.8. The van der Waals surface area contributed by atoms with E-state index in [1.54, 1.807) is 7.05 Å². The van der Waals surface area contributed by atoms with Gasteiger partial charge < -0.3 is 15.0 Å². The van der Waals surface area contributed by atoms with Crippen LogP contribution in [0, 0.1) is 0 Å². The molecule has 22 heavy (non-hydrogen) atoms. The Morgan fingerprint density at radius 3 is 2.68 bits per heavy atom. The number of aryl methyl sites for hydroxylation is 1. The van der Waals surface area contributed by atoms with Crippen molar-refractivity contribution in [2.45, 2.75) is 17.0 Å². The molecule has 1 aromatic rings. The summed E-state index contributed by atoms with van der Waals surface area (Å²) in [6, 6.07) is 1.40. The highest BCUT2D eigenvalue weighted by molar-refractivity contribution is 7.89. The molecule has 8 nitrogen and oxygen atoms in total. The molecule has 2 atom stereocenters. The number of ether oxygens (including phenoxy) is 1. The van der Waals surface area contributed by atoms with E-state index >= 15 is 0 Å². The molecule has 2 aliphatic rings. The van der Waals surface area contributed by atoms with E-state index in [9.17, 15) is 13.2 Å². The molecule has 0 bridgehead atoms. The van der Waals surface area contributed by atoms with Crippen molar-refractivity contribution in [1.82, 2.24) is 13.8 Å². The second-order valence-electron chi connectivity index (χ2n) is 5.82. The molecule has 0 aromatic carbocycles. The highest BCUT2D eigenvalue weighted by Gasteiger charge is 2.43. The van der Waals surface area contributed by atoms with Crippen molar-refractivity contribution in [3.63, 3.8) is 0 Å². The van der Waals surface area contributed by atoms with Gasteiger partial charge in [0.15, 0.2) is 0 Å². The Bertz CT molecular complexity index is 699. The summed E-state index contributed by atoms with van der Waals surface area (Å²) in [5.74, 6) is -0.651. The average molecular weight is 328 g/mol. The molecule has 1 aromatic heterocycles. The van der Waals surface area contributed by atoms with E-state index in [0.717, 1.165) is 6.54 Å². The van der Waals surface area contributed by atoms with Crippen LogP contribution in [0.25, 0.3) is 0 Å². The van der Waals surface area contributed by atoms with Crippen molar-refractivity contribution < 1.29 is 17.9 Å². The zero-order chi connectivity index (χ0) is 16.1. The van der Waals surface area contributed by atoms with Gasteiger partial charge in [-0.25, -0.2) is 8.42 Å². The van der Waals surface area contributed by atoms with Crippen LogP contribution in [0.3, 0.4) is 0 Å². The minimum atomic E-state index is -3.66. The van der Waals surface area contributed by atoms with E-state index in [0.29, 0.717) is 19.7 Å². The van der Waals surface area contributed by atoms with Gasteiger partial charge in [0.25, 0.3) is 5.91 Å². The number of rotatable bonds is 3. The Morgan fingerprint density at radius 2 is 2.09 bits per heavy atom. The number of hydrogen-bond acceptors (Lipinski definition) is 5. The Hall–Kier alpha value is -1.42. The second-order valence-corrected chi connectivity index (χ2v) is 7.75. The van der Waals surface area contributed by atoms with Crippen LogP contribution in [0.1, 0.15) is 10.5 Å². The molecule has 0 spiro atoms. The first-order chi connectivity index (χ1) is 10.3. The van der Waals surface area contributed by atoms with E-state index < -0.39 is 15.9 Å². The summed E-state index contributed by atoms with van der Waals surface area (Å²) in [6.07, 6.45) is 1.31. The normalized spacial score (nSPS) is 27.0. The first kappa shape index (κ1) is 15.5. The van der Waals surface area contributed by atoms with Gasteiger partial charge in [-0.05, 0) is 13.1 Å². The summed E-state index contributed by atoms with van der Waals surface area (Å²) >= 11 is 0. The molecule has 2 N–H and O–H groups in total. The number of primary amides is 1. The van der Waals surface area contributed by atoms with E-state index in [-0.39, 0.29) is 22.7 Å². The van der Waals surface area contributed by atoms with Crippen molar-refractivity contribution in [2.24, 2.45) is 12.8 Å². The molecular weight excluding hydrogens is 308 g/mol. The lowest BCUT2D eigenvalue weighted by Crippen LogP contribution is -2.48. The number of nitrogens with zero attached hydrogens (tertiary/aromatic N) is 3. The lowest BCUT2D eigenvalue weighted by Gasteiger charge is -2.33. The Labute approximate surface area is 129 Å². The number of amides is 1. The molecule has 9 heteroatoms. The Kier molecular flexibility index (Phi) is 3.76. The third-order valence-corrected chi connectivity index (χ3v) is 6.21. The summed E-state index contributed by atoms with van der Waals surface area (Å²) in [5.41, 5.74) is 5.41. The van der Waals surface area contributed by atoms with Crippen molar-refractivity contribution in [3.8, 4) is 0 Å². The van der Waals surface area contributed by atoms with E-state index in [4.69, 9.17) is 10.5 Å². The lowest BCUT2D eigenvalue weighted by molar-refractivity contribution is -0.0366. The minimum absolute atomic E-state index is 0.0721. The molecule has 0 radical (unpaired) electrons. The maximum absolute atomic E-state index is 12.8. The fraction of sp³-hybridized carbons (Fsp3) is 0.615. The number of nitrogens with two attached hydrogens (primary N) is 1. The molecule has 122 valence electrons. The van der Waals surface area contributed by atoms with Crippen LogP contribution >= 0.6 is 0 Å². The van der Waals surface area contributed by atoms with Crippen molar-refractivity contribution in [3.05, 3.63) is 18.0 Å². The number of morpholine rings is 1. The van der Waals surface area contributed by atoms with E-state index in [1.807, 2.05) is 7.05 Å². The number of aromatic nitrogens is 1. The molecule has 2 saturated heterocycles. The predicted molar refractivity (Wildman–Crippen MR) is 78.8 cm³/mol. The summed E-state index contributed by atoms with van der Waals surface area (Å²) < 4.78 is 34.0. The standard InChI is InChI=1S/C13H20N4O4S/c1-15-3-4-21-12-8-17(7-11(12)15)22(19,20)9-5-10(13(14)18)16(2)6-9/h5-6,11-12H,3-4,7-8H2,1-2H3,(H2,14,18)/t11-,12+/m0/s1. The topological polar surface area (TPSA) is 97.9 Å². The molecule has 0 unspecified atom stereocenters. The van der Waals surface area contributed by atoms with Gasteiger partial charge in [0, 0.05) is 32.9 Å². The molecule has 2 fully saturated rings. The molecular formula is C13H20N4O4S. The third-order valence-electron chi connectivity index (χ3n) is 4.42. The Balaban J connectivity index is 1.88. The number of sulfonamides is 1. The summed E-state index contributed by atoms with van der Waals surface area (Å²) in [7, 11) is -0.0843. The molecule has 2 aliphatic heterocycles. The highest BCUT2D eigenvalue weighted by atomic mass is 32.2. The number of carbonyl (C=O) groups excluding carboxylic acids is 1. The van der Waals surface area contributed by atoms with Crippen LogP contribution < -0.4 is 5.73 Å². The fourth-order valence-corrected chi connectivity index (χ4v) is 4.63. The van der Waals surface area contributed by atoms with Gasteiger partial charge in [-0.3, -0.25) is 9.69 Å². The van der Waals surface area contributed by atoms with Crippen LogP contribution in [-0.4, -0.2) is 73.5 Å². The smallest absolute Gasteiger partial charge is 0.265 e. The van der Waals surface area contributed by atoms with Crippen LogP contribution in [0.5, 0.6) is 0 Å². The monoisotopic (exact) mass is 328 g/mol. The summed E-state index contributed by atoms with van der Waals surface area (Å²) in [4.78, 5) is 13.5. The van der Waals surface area contributed by atoms with Crippen molar-refractivity contribution >= 4 is 15.9 Å². The fourth-order valence-electron chi connectivity index (χ4n) is 3.09. The second kappa shape index (κ2) is 5.34. The molecule has 0 saturated carbocycles. The lowest BCUT2D eigenvalue weighted by atomic mass is 10.1. The minimum Gasteiger partial charge on any atom is -0.374 e. The van der Waals surface area contributed by atoms with Crippen molar-refractivity contribution in [1.29, 1.82) is 0 Å².